The Kier molecular flexibility index (Phi) is 3.71. The molecule has 1 aliphatic heterocycles. The van der Waals surface area contributed by atoms with Crippen molar-refractivity contribution in [3.63, 3.8) is 0 Å². The standard InChI is InChI=1S/C15H21FN2O/c1-19-13-7-8-18(10-13)15-11(3-2-4-14(15)16)9-17-12-5-6-12/h2-4,12-13,17H,5-10H2,1H3. The summed E-state index contributed by atoms with van der Waals surface area (Å²) in [7, 11) is 1.73. The van der Waals surface area contributed by atoms with Crippen molar-refractivity contribution < 1.29 is 9.13 Å². The van der Waals surface area contributed by atoms with Gasteiger partial charge in [-0.2, -0.15) is 0 Å². The van der Waals surface area contributed by atoms with Crippen LogP contribution in [0.15, 0.2) is 18.2 Å². The number of halogens is 1. The first-order valence-electron chi connectivity index (χ1n) is 7.06. The molecule has 0 amide bonds. The largest absolute Gasteiger partial charge is 0.380 e. The van der Waals surface area contributed by atoms with E-state index in [0.717, 1.165) is 37.3 Å². The van der Waals surface area contributed by atoms with E-state index in [1.165, 1.54) is 12.8 Å². The minimum Gasteiger partial charge on any atom is -0.380 e. The SMILES string of the molecule is COC1CCN(c2c(F)cccc2CNC2CC2)C1. The summed E-state index contributed by atoms with van der Waals surface area (Å²) in [6, 6.07) is 6.01. The number of rotatable bonds is 5. The lowest BCUT2D eigenvalue weighted by molar-refractivity contribution is 0.121. The van der Waals surface area contributed by atoms with Gasteiger partial charge in [0, 0.05) is 32.8 Å². The van der Waals surface area contributed by atoms with Crippen molar-refractivity contribution in [3.05, 3.63) is 29.6 Å². The maximum atomic E-state index is 14.2. The van der Waals surface area contributed by atoms with Gasteiger partial charge in [-0.05, 0) is 30.9 Å². The number of benzene rings is 1. The van der Waals surface area contributed by atoms with E-state index in [1.807, 2.05) is 6.07 Å². The maximum absolute atomic E-state index is 14.2. The van der Waals surface area contributed by atoms with E-state index in [-0.39, 0.29) is 11.9 Å². The van der Waals surface area contributed by atoms with Gasteiger partial charge in [-0.15, -0.1) is 0 Å². The second kappa shape index (κ2) is 5.47. The van der Waals surface area contributed by atoms with Gasteiger partial charge in [0.25, 0.3) is 0 Å². The number of hydrogen-bond acceptors (Lipinski definition) is 3. The van der Waals surface area contributed by atoms with Crippen molar-refractivity contribution in [1.29, 1.82) is 0 Å². The second-order valence-corrected chi connectivity index (χ2v) is 5.50. The summed E-state index contributed by atoms with van der Waals surface area (Å²) in [5.41, 5.74) is 1.82. The quantitative estimate of drug-likeness (QED) is 0.883. The summed E-state index contributed by atoms with van der Waals surface area (Å²) in [4.78, 5) is 2.12. The smallest absolute Gasteiger partial charge is 0.146 e. The summed E-state index contributed by atoms with van der Waals surface area (Å²) in [6.45, 7) is 2.41. The monoisotopic (exact) mass is 264 g/mol. The van der Waals surface area contributed by atoms with E-state index < -0.39 is 0 Å². The van der Waals surface area contributed by atoms with Crippen LogP contribution in [0, 0.1) is 5.82 Å². The predicted molar refractivity (Wildman–Crippen MR) is 73.9 cm³/mol. The average Bonchev–Trinajstić information content (AvgIpc) is 3.13. The molecule has 1 aliphatic carbocycles. The van der Waals surface area contributed by atoms with Gasteiger partial charge >= 0.3 is 0 Å². The van der Waals surface area contributed by atoms with Gasteiger partial charge < -0.3 is 15.0 Å². The zero-order valence-electron chi connectivity index (χ0n) is 11.4. The highest BCUT2D eigenvalue weighted by Crippen LogP contribution is 2.29. The fourth-order valence-corrected chi connectivity index (χ4v) is 2.72. The topological polar surface area (TPSA) is 24.5 Å². The van der Waals surface area contributed by atoms with Crippen molar-refractivity contribution in [2.24, 2.45) is 0 Å². The Morgan fingerprint density at radius 2 is 2.21 bits per heavy atom. The molecule has 1 heterocycles. The van der Waals surface area contributed by atoms with Gasteiger partial charge in [0.05, 0.1) is 11.8 Å². The van der Waals surface area contributed by atoms with Gasteiger partial charge in [0.2, 0.25) is 0 Å². The van der Waals surface area contributed by atoms with E-state index in [2.05, 4.69) is 10.2 Å². The fourth-order valence-electron chi connectivity index (χ4n) is 2.72. The zero-order valence-corrected chi connectivity index (χ0v) is 11.4. The molecule has 0 radical (unpaired) electrons. The first kappa shape index (κ1) is 12.9. The van der Waals surface area contributed by atoms with Crippen LogP contribution in [-0.4, -0.2) is 32.3 Å². The lowest BCUT2D eigenvalue weighted by atomic mass is 10.1. The molecular formula is C15H21FN2O. The van der Waals surface area contributed by atoms with Crippen LogP contribution in [0.3, 0.4) is 0 Å². The molecule has 104 valence electrons. The summed E-state index contributed by atoms with van der Waals surface area (Å²) in [6.07, 6.45) is 3.70. The molecule has 1 aromatic carbocycles. The molecule has 19 heavy (non-hydrogen) atoms. The summed E-state index contributed by atoms with van der Waals surface area (Å²) in [5, 5.41) is 3.46. The molecule has 2 fully saturated rings. The number of ether oxygens (including phenoxy) is 1. The maximum Gasteiger partial charge on any atom is 0.146 e. The van der Waals surface area contributed by atoms with Gasteiger partial charge in [0.1, 0.15) is 5.82 Å². The number of nitrogens with zero attached hydrogens (tertiary/aromatic N) is 1. The van der Waals surface area contributed by atoms with Crippen LogP contribution in [0.5, 0.6) is 0 Å². The highest BCUT2D eigenvalue weighted by molar-refractivity contribution is 5.55. The Labute approximate surface area is 113 Å². The minimum absolute atomic E-state index is 0.119. The normalized spacial score (nSPS) is 23.1. The Balaban J connectivity index is 1.77. The van der Waals surface area contributed by atoms with Crippen LogP contribution in [0.1, 0.15) is 24.8 Å². The molecule has 2 aliphatic rings. The summed E-state index contributed by atoms with van der Waals surface area (Å²) >= 11 is 0. The summed E-state index contributed by atoms with van der Waals surface area (Å²) < 4.78 is 19.5. The zero-order chi connectivity index (χ0) is 13.2. The number of para-hydroxylation sites is 1. The molecule has 1 saturated carbocycles. The molecule has 0 bridgehead atoms. The van der Waals surface area contributed by atoms with Crippen LogP contribution in [0.2, 0.25) is 0 Å². The molecule has 0 aromatic heterocycles. The van der Waals surface area contributed by atoms with Crippen LogP contribution >= 0.6 is 0 Å². The van der Waals surface area contributed by atoms with Gasteiger partial charge in [-0.3, -0.25) is 0 Å². The molecule has 1 unspecified atom stereocenters. The van der Waals surface area contributed by atoms with Gasteiger partial charge in [0.15, 0.2) is 0 Å². The van der Waals surface area contributed by atoms with E-state index in [1.54, 1.807) is 19.2 Å². The van der Waals surface area contributed by atoms with Crippen LogP contribution in [0.25, 0.3) is 0 Å². The average molecular weight is 264 g/mol. The van der Waals surface area contributed by atoms with Crippen LogP contribution < -0.4 is 10.2 Å². The summed E-state index contributed by atoms with van der Waals surface area (Å²) in [5.74, 6) is -0.119. The number of anilines is 1. The van der Waals surface area contributed by atoms with Crippen LogP contribution in [-0.2, 0) is 11.3 Å². The molecule has 3 nitrogen and oxygen atoms in total. The Hall–Kier alpha value is -1.13. The predicted octanol–water partition coefficient (Wildman–Crippen LogP) is 2.30. The lowest BCUT2D eigenvalue weighted by Crippen LogP contribution is -2.26. The lowest BCUT2D eigenvalue weighted by Gasteiger charge is -2.22. The highest BCUT2D eigenvalue weighted by Gasteiger charge is 2.27. The van der Waals surface area contributed by atoms with Crippen molar-refractivity contribution in [2.75, 3.05) is 25.1 Å². The highest BCUT2D eigenvalue weighted by atomic mass is 19.1. The van der Waals surface area contributed by atoms with Crippen molar-refractivity contribution in [2.45, 2.75) is 38.0 Å². The van der Waals surface area contributed by atoms with E-state index in [9.17, 15) is 4.39 Å². The molecule has 1 saturated heterocycles. The third kappa shape index (κ3) is 2.90. The Morgan fingerprint density at radius 3 is 2.89 bits per heavy atom. The first-order valence-corrected chi connectivity index (χ1v) is 7.06. The van der Waals surface area contributed by atoms with Gasteiger partial charge in [-0.1, -0.05) is 12.1 Å². The number of nitrogens with one attached hydrogen (secondary N) is 1. The molecule has 1 N–H and O–H groups in total. The Bertz CT molecular complexity index is 448. The van der Waals surface area contributed by atoms with Crippen LogP contribution in [0.4, 0.5) is 10.1 Å². The molecule has 3 rings (SSSR count). The third-order valence-electron chi connectivity index (χ3n) is 4.02. The number of methoxy groups -OCH3 is 1. The van der Waals surface area contributed by atoms with Crippen molar-refractivity contribution in [3.8, 4) is 0 Å². The third-order valence-corrected chi connectivity index (χ3v) is 4.02. The molecule has 0 spiro atoms. The second-order valence-electron chi connectivity index (χ2n) is 5.50. The van der Waals surface area contributed by atoms with E-state index >= 15 is 0 Å². The van der Waals surface area contributed by atoms with E-state index in [0.29, 0.717) is 6.04 Å². The van der Waals surface area contributed by atoms with Gasteiger partial charge in [-0.25, -0.2) is 4.39 Å². The first-order chi connectivity index (χ1) is 9.28. The molecule has 1 aromatic rings. The fraction of sp³-hybridized carbons (Fsp3) is 0.600. The van der Waals surface area contributed by atoms with Crippen molar-refractivity contribution in [1.82, 2.24) is 5.32 Å². The minimum atomic E-state index is -0.119. The molecule has 1 atom stereocenters. The molecule has 4 heteroatoms. The van der Waals surface area contributed by atoms with Crippen molar-refractivity contribution >= 4 is 5.69 Å². The number of hydrogen-bond donors (Lipinski definition) is 1. The molecular weight excluding hydrogens is 243 g/mol. The Morgan fingerprint density at radius 1 is 1.37 bits per heavy atom. The van der Waals surface area contributed by atoms with E-state index in [4.69, 9.17) is 4.74 Å².